The highest BCUT2D eigenvalue weighted by molar-refractivity contribution is 5.91. The van der Waals surface area contributed by atoms with Crippen molar-refractivity contribution < 1.29 is 24.2 Å². The fourth-order valence-electron chi connectivity index (χ4n) is 4.60. The van der Waals surface area contributed by atoms with Gasteiger partial charge in [0, 0.05) is 0 Å². The standard InChI is InChI=1S/C31H37N3O5/c1-21(39-30(2,3)4)27(29(37)38)33-28(36)25(32)20-26(35)34-31(22-14-8-5-9-15-22,23-16-10-6-11-17-23)24-18-12-7-13-19-24/h5-19,21,25,27H,20,32H2,1-4H3,(H,33,36)(H,34,35)(H,37,38)/t21-,25+,27+/m1/s1. The number of carbonyl (C=O) groups is 3. The third-order valence-corrected chi connectivity index (χ3v) is 6.26. The maximum absolute atomic E-state index is 13.5. The Hall–Kier alpha value is -4.01. The van der Waals surface area contributed by atoms with Gasteiger partial charge in [0.15, 0.2) is 6.04 Å². The summed E-state index contributed by atoms with van der Waals surface area (Å²) in [7, 11) is 0. The molecule has 0 bridgehead atoms. The Bertz CT molecular complexity index is 1150. The molecule has 206 valence electrons. The van der Waals surface area contributed by atoms with Crippen LogP contribution in [0.5, 0.6) is 0 Å². The fourth-order valence-corrected chi connectivity index (χ4v) is 4.60. The van der Waals surface area contributed by atoms with Crippen LogP contribution >= 0.6 is 0 Å². The van der Waals surface area contributed by atoms with Gasteiger partial charge in [-0.2, -0.15) is 0 Å². The van der Waals surface area contributed by atoms with Crippen molar-refractivity contribution in [2.24, 2.45) is 5.73 Å². The molecule has 0 aromatic heterocycles. The van der Waals surface area contributed by atoms with Crippen molar-refractivity contribution in [3.63, 3.8) is 0 Å². The van der Waals surface area contributed by atoms with Crippen LogP contribution in [0.15, 0.2) is 91.0 Å². The lowest BCUT2D eigenvalue weighted by atomic mass is 9.77. The molecule has 8 heteroatoms. The van der Waals surface area contributed by atoms with E-state index in [2.05, 4.69) is 10.6 Å². The van der Waals surface area contributed by atoms with Gasteiger partial charge in [-0.1, -0.05) is 91.0 Å². The maximum atomic E-state index is 13.5. The summed E-state index contributed by atoms with van der Waals surface area (Å²) in [5.74, 6) is -2.49. The monoisotopic (exact) mass is 531 g/mol. The summed E-state index contributed by atoms with van der Waals surface area (Å²) in [6.45, 7) is 6.94. The molecular formula is C31H37N3O5. The number of amides is 2. The molecule has 3 aromatic carbocycles. The van der Waals surface area contributed by atoms with E-state index in [0.717, 1.165) is 16.7 Å². The molecule has 0 fully saturated rings. The first-order valence-corrected chi connectivity index (χ1v) is 12.9. The number of carboxylic acids is 1. The highest BCUT2D eigenvalue weighted by Crippen LogP contribution is 2.36. The van der Waals surface area contributed by atoms with Gasteiger partial charge in [-0.05, 0) is 44.4 Å². The number of hydrogen-bond acceptors (Lipinski definition) is 5. The van der Waals surface area contributed by atoms with Crippen LogP contribution < -0.4 is 16.4 Å². The van der Waals surface area contributed by atoms with Gasteiger partial charge in [-0.15, -0.1) is 0 Å². The predicted molar refractivity (Wildman–Crippen MR) is 150 cm³/mol. The number of nitrogens with one attached hydrogen (secondary N) is 2. The van der Waals surface area contributed by atoms with E-state index in [1.165, 1.54) is 0 Å². The van der Waals surface area contributed by atoms with Crippen LogP contribution in [0.3, 0.4) is 0 Å². The third-order valence-electron chi connectivity index (χ3n) is 6.26. The van der Waals surface area contributed by atoms with E-state index in [1.54, 1.807) is 27.7 Å². The summed E-state index contributed by atoms with van der Waals surface area (Å²) in [6.07, 6.45) is -1.18. The van der Waals surface area contributed by atoms with E-state index in [4.69, 9.17) is 10.5 Å². The molecule has 0 aliphatic rings. The van der Waals surface area contributed by atoms with Crippen molar-refractivity contribution in [2.75, 3.05) is 0 Å². The maximum Gasteiger partial charge on any atom is 0.328 e. The van der Waals surface area contributed by atoms with E-state index < -0.39 is 47.1 Å². The number of aliphatic carboxylic acids is 1. The summed E-state index contributed by atoms with van der Waals surface area (Å²) in [6, 6.07) is 26.1. The van der Waals surface area contributed by atoms with E-state index in [1.807, 2.05) is 91.0 Å². The summed E-state index contributed by atoms with van der Waals surface area (Å²) >= 11 is 0. The average Bonchev–Trinajstić information content (AvgIpc) is 2.90. The van der Waals surface area contributed by atoms with Crippen molar-refractivity contribution >= 4 is 17.8 Å². The van der Waals surface area contributed by atoms with Crippen molar-refractivity contribution in [2.45, 2.75) is 63.4 Å². The second kappa shape index (κ2) is 12.7. The molecule has 8 nitrogen and oxygen atoms in total. The second-order valence-corrected chi connectivity index (χ2v) is 10.5. The highest BCUT2D eigenvalue weighted by atomic mass is 16.5. The fraction of sp³-hybridized carbons (Fsp3) is 0.323. The minimum atomic E-state index is -1.33. The predicted octanol–water partition coefficient (Wildman–Crippen LogP) is 3.59. The van der Waals surface area contributed by atoms with Gasteiger partial charge in [0.25, 0.3) is 0 Å². The van der Waals surface area contributed by atoms with E-state index >= 15 is 0 Å². The first-order valence-electron chi connectivity index (χ1n) is 12.9. The minimum absolute atomic E-state index is 0.360. The topological polar surface area (TPSA) is 131 Å². The lowest BCUT2D eigenvalue weighted by molar-refractivity contribution is -0.150. The normalized spacial score (nSPS) is 14.1. The lowest BCUT2D eigenvalue weighted by Crippen LogP contribution is -2.55. The molecule has 0 aliphatic carbocycles. The first kappa shape index (κ1) is 29.5. The minimum Gasteiger partial charge on any atom is -0.480 e. The molecule has 0 saturated carbocycles. The summed E-state index contributed by atoms with van der Waals surface area (Å²) in [5.41, 5.74) is 6.93. The van der Waals surface area contributed by atoms with Crippen molar-refractivity contribution in [1.29, 1.82) is 0 Å². The van der Waals surface area contributed by atoms with Gasteiger partial charge in [0.05, 0.1) is 24.2 Å². The molecule has 0 aliphatic heterocycles. The first-order chi connectivity index (χ1) is 18.4. The van der Waals surface area contributed by atoms with Crippen LogP contribution in [0.1, 0.15) is 50.8 Å². The van der Waals surface area contributed by atoms with Crippen LogP contribution in [0.25, 0.3) is 0 Å². The second-order valence-electron chi connectivity index (χ2n) is 10.5. The van der Waals surface area contributed by atoms with Crippen LogP contribution in [0.2, 0.25) is 0 Å². The Labute approximate surface area is 229 Å². The number of carboxylic acid groups (broad SMARTS) is 1. The molecule has 3 rings (SSSR count). The molecule has 0 radical (unpaired) electrons. The largest absolute Gasteiger partial charge is 0.480 e. The zero-order chi connectivity index (χ0) is 28.6. The van der Waals surface area contributed by atoms with Gasteiger partial charge in [0.1, 0.15) is 5.54 Å². The zero-order valence-corrected chi connectivity index (χ0v) is 22.8. The summed E-state index contributed by atoms with van der Waals surface area (Å²) in [4.78, 5) is 38.3. The molecule has 3 aromatic rings. The van der Waals surface area contributed by atoms with Gasteiger partial charge < -0.3 is 26.2 Å². The van der Waals surface area contributed by atoms with Gasteiger partial charge >= 0.3 is 5.97 Å². The molecule has 2 amide bonds. The van der Waals surface area contributed by atoms with Crippen molar-refractivity contribution in [3.05, 3.63) is 108 Å². The molecule has 3 atom stereocenters. The van der Waals surface area contributed by atoms with Crippen LogP contribution in [0.4, 0.5) is 0 Å². The molecule has 0 spiro atoms. The Morgan fingerprint density at radius 2 is 1.23 bits per heavy atom. The Balaban J connectivity index is 1.88. The lowest BCUT2D eigenvalue weighted by Gasteiger charge is -2.37. The van der Waals surface area contributed by atoms with Crippen LogP contribution in [0, 0.1) is 0 Å². The smallest absolute Gasteiger partial charge is 0.328 e. The third kappa shape index (κ3) is 7.52. The summed E-state index contributed by atoms with van der Waals surface area (Å²) in [5, 5.41) is 15.3. The van der Waals surface area contributed by atoms with E-state index in [-0.39, 0.29) is 6.42 Å². The highest BCUT2D eigenvalue weighted by Gasteiger charge is 2.39. The quantitative estimate of drug-likeness (QED) is 0.280. The SMILES string of the molecule is C[C@@H](OC(C)(C)C)[C@H](NC(=O)[C@@H](N)CC(=O)NC(c1ccccc1)(c1ccccc1)c1ccccc1)C(=O)O. The number of rotatable bonds is 11. The number of hydrogen-bond donors (Lipinski definition) is 4. The number of carbonyl (C=O) groups excluding carboxylic acids is 2. The van der Waals surface area contributed by atoms with Crippen molar-refractivity contribution in [3.8, 4) is 0 Å². The molecule has 0 unspecified atom stereocenters. The van der Waals surface area contributed by atoms with Gasteiger partial charge in [-0.3, -0.25) is 9.59 Å². The average molecular weight is 532 g/mol. The van der Waals surface area contributed by atoms with Crippen LogP contribution in [-0.4, -0.2) is 46.7 Å². The Morgan fingerprint density at radius 3 is 1.59 bits per heavy atom. The number of ether oxygens (including phenoxy) is 1. The molecule has 5 N–H and O–H groups in total. The van der Waals surface area contributed by atoms with Gasteiger partial charge in [0.2, 0.25) is 11.8 Å². The molecule has 0 heterocycles. The Kier molecular flexibility index (Phi) is 9.61. The number of nitrogens with two attached hydrogens (primary N) is 1. The molecule has 0 saturated heterocycles. The zero-order valence-electron chi connectivity index (χ0n) is 22.8. The van der Waals surface area contributed by atoms with Crippen LogP contribution in [-0.2, 0) is 24.7 Å². The number of benzene rings is 3. The Morgan fingerprint density at radius 1 is 0.821 bits per heavy atom. The van der Waals surface area contributed by atoms with Gasteiger partial charge in [-0.25, -0.2) is 4.79 Å². The molecular weight excluding hydrogens is 494 g/mol. The molecule has 39 heavy (non-hydrogen) atoms. The van der Waals surface area contributed by atoms with Crippen molar-refractivity contribution in [1.82, 2.24) is 10.6 Å². The van der Waals surface area contributed by atoms with E-state index in [0.29, 0.717) is 0 Å². The van der Waals surface area contributed by atoms with E-state index in [9.17, 15) is 19.5 Å². The summed E-state index contributed by atoms with van der Waals surface area (Å²) < 4.78 is 5.72.